The van der Waals surface area contributed by atoms with Gasteiger partial charge in [-0.25, -0.2) is 4.98 Å². The number of carbonyl (C=O) groups is 2. The van der Waals surface area contributed by atoms with E-state index in [1.54, 1.807) is 18.2 Å². The zero-order chi connectivity index (χ0) is 20.4. The first kappa shape index (κ1) is 19.1. The van der Waals surface area contributed by atoms with E-state index in [1.165, 1.54) is 26.8 Å². The molecule has 0 saturated heterocycles. The molecule has 0 aliphatic carbocycles. The summed E-state index contributed by atoms with van der Waals surface area (Å²) in [4.78, 5) is 42.7. The predicted molar refractivity (Wildman–Crippen MR) is 105 cm³/mol. The zero-order valence-corrected chi connectivity index (χ0v) is 16.5. The van der Waals surface area contributed by atoms with Crippen molar-refractivity contribution in [1.82, 2.24) is 14.6 Å². The van der Waals surface area contributed by atoms with Crippen LogP contribution in [0.3, 0.4) is 0 Å². The highest BCUT2D eigenvalue weighted by Gasteiger charge is 2.25. The first-order valence-electron chi connectivity index (χ1n) is 9.11. The number of amides is 1. The van der Waals surface area contributed by atoms with E-state index in [0.717, 1.165) is 5.01 Å². The van der Waals surface area contributed by atoms with Gasteiger partial charge in [0.05, 0.1) is 17.8 Å². The fraction of sp³-hybridized carbons (Fsp3) is 0.316. The molecule has 0 radical (unpaired) electrons. The van der Waals surface area contributed by atoms with Crippen molar-refractivity contribution in [3.63, 3.8) is 0 Å². The Morgan fingerprint density at radius 1 is 1.31 bits per heavy atom. The SMILES string of the molecule is CCc1nn2c(=O)cc(COC(=O)CCN3C(=O)COc4ccccc43)nc2s1. The van der Waals surface area contributed by atoms with Gasteiger partial charge in [0.15, 0.2) is 6.61 Å². The molecule has 0 N–H and O–H groups in total. The molecule has 1 aromatic carbocycles. The highest BCUT2D eigenvalue weighted by atomic mass is 32.1. The lowest BCUT2D eigenvalue weighted by Crippen LogP contribution is -2.40. The van der Waals surface area contributed by atoms with E-state index in [2.05, 4.69) is 10.1 Å². The van der Waals surface area contributed by atoms with Crippen molar-refractivity contribution in [2.45, 2.75) is 26.4 Å². The smallest absolute Gasteiger partial charge is 0.307 e. The number of aryl methyl sites for hydroxylation is 1. The minimum Gasteiger partial charge on any atom is -0.482 e. The molecule has 1 aliphatic heterocycles. The number of hydrogen-bond donors (Lipinski definition) is 0. The van der Waals surface area contributed by atoms with Crippen LogP contribution in [0.5, 0.6) is 5.75 Å². The lowest BCUT2D eigenvalue weighted by atomic mass is 10.2. The Hall–Kier alpha value is -3.27. The Morgan fingerprint density at radius 3 is 2.97 bits per heavy atom. The van der Waals surface area contributed by atoms with E-state index in [-0.39, 0.29) is 37.6 Å². The molecule has 3 heterocycles. The lowest BCUT2D eigenvalue weighted by Gasteiger charge is -2.28. The molecule has 29 heavy (non-hydrogen) atoms. The molecule has 1 aliphatic rings. The summed E-state index contributed by atoms with van der Waals surface area (Å²) in [6.07, 6.45) is 0.725. The van der Waals surface area contributed by atoms with Crippen molar-refractivity contribution < 1.29 is 19.1 Å². The van der Waals surface area contributed by atoms with Crippen LogP contribution in [0.1, 0.15) is 24.0 Å². The summed E-state index contributed by atoms with van der Waals surface area (Å²) < 4.78 is 11.9. The van der Waals surface area contributed by atoms with Crippen molar-refractivity contribution in [2.75, 3.05) is 18.1 Å². The monoisotopic (exact) mass is 414 g/mol. The molecule has 2 aromatic heterocycles. The minimum atomic E-state index is -0.484. The molecule has 10 heteroatoms. The summed E-state index contributed by atoms with van der Waals surface area (Å²) in [5.74, 6) is -0.0923. The van der Waals surface area contributed by atoms with Crippen LogP contribution in [0.25, 0.3) is 4.96 Å². The minimum absolute atomic E-state index is 0.0157. The van der Waals surface area contributed by atoms with Crippen LogP contribution in [0, 0.1) is 0 Å². The van der Waals surface area contributed by atoms with E-state index < -0.39 is 5.97 Å². The fourth-order valence-corrected chi connectivity index (χ4v) is 3.80. The standard InChI is InChI=1S/C19H18N4O5S/c1-2-15-21-23-16(24)9-12(20-19(23)29-15)10-28-18(26)7-8-22-13-5-3-4-6-14(13)27-11-17(22)25/h3-6,9H,2,7-8,10-11H2,1H3. The summed E-state index contributed by atoms with van der Waals surface area (Å²) in [7, 11) is 0. The maximum absolute atomic E-state index is 12.2. The largest absolute Gasteiger partial charge is 0.482 e. The summed E-state index contributed by atoms with van der Waals surface area (Å²) >= 11 is 1.33. The zero-order valence-electron chi connectivity index (χ0n) is 15.7. The van der Waals surface area contributed by atoms with Crippen molar-refractivity contribution in [2.24, 2.45) is 0 Å². The summed E-state index contributed by atoms with van der Waals surface area (Å²) in [5.41, 5.74) is 0.684. The molecule has 0 unspecified atom stereocenters. The Balaban J connectivity index is 1.38. The average Bonchev–Trinajstić information content (AvgIpc) is 3.15. The van der Waals surface area contributed by atoms with Gasteiger partial charge in [0.25, 0.3) is 11.5 Å². The van der Waals surface area contributed by atoms with Gasteiger partial charge in [-0.2, -0.15) is 9.61 Å². The molecule has 9 nitrogen and oxygen atoms in total. The van der Waals surface area contributed by atoms with Gasteiger partial charge in [-0.05, 0) is 18.6 Å². The van der Waals surface area contributed by atoms with Crippen molar-refractivity contribution in [1.29, 1.82) is 0 Å². The molecule has 0 fully saturated rings. The van der Waals surface area contributed by atoms with Gasteiger partial charge in [-0.3, -0.25) is 14.4 Å². The van der Waals surface area contributed by atoms with Crippen LogP contribution in [-0.4, -0.2) is 39.6 Å². The number of carbonyl (C=O) groups excluding carboxylic acids is 2. The maximum atomic E-state index is 12.2. The van der Waals surface area contributed by atoms with Crippen molar-refractivity contribution in [3.05, 3.63) is 51.4 Å². The lowest BCUT2D eigenvalue weighted by molar-refractivity contribution is -0.144. The number of para-hydroxylation sites is 2. The quantitative estimate of drug-likeness (QED) is 0.564. The van der Waals surface area contributed by atoms with Gasteiger partial charge in [-0.1, -0.05) is 30.4 Å². The van der Waals surface area contributed by atoms with Gasteiger partial charge < -0.3 is 14.4 Å². The molecule has 0 bridgehead atoms. The predicted octanol–water partition coefficient (Wildman–Crippen LogP) is 1.57. The Morgan fingerprint density at radius 2 is 2.14 bits per heavy atom. The number of rotatable bonds is 6. The first-order chi connectivity index (χ1) is 14.0. The molecule has 1 amide bonds. The van der Waals surface area contributed by atoms with Gasteiger partial charge in [0.2, 0.25) is 4.96 Å². The Labute approximate surface area is 169 Å². The number of esters is 1. The van der Waals surface area contributed by atoms with E-state index in [4.69, 9.17) is 9.47 Å². The molecule has 0 saturated carbocycles. The molecule has 150 valence electrons. The first-order valence-corrected chi connectivity index (χ1v) is 9.93. The molecule has 0 atom stereocenters. The number of ether oxygens (including phenoxy) is 2. The van der Waals surface area contributed by atoms with Crippen molar-refractivity contribution >= 4 is 33.9 Å². The molecule has 3 aromatic rings. The van der Waals surface area contributed by atoms with E-state index in [9.17, 15) is 14.4 Å². The summed E-state index contributed by atoms with van der Waals surface area (Å²) in [6, 6.07) is 8.47. The number of anilines is 1. The second-order valence-electron chi connectivity index (χ2n) is 6.34. The van der Waals surface area contributed by atoms with Gasteiger partial charge in [0, 0.05) is 12.6 Å². The summed E-state index contributed by atoms with van der Waals surface area (Å²) in [5, 5.41) is 4.98. The third-order valence-electron chi connectivity index (χ3n) is 4.37. The third kappa shape index (κ3) is 3.97. The summed E-state index contributed by atoms with van der Waals surface area (Å²) in [6.45, 7) is 1.96. The highest BCUT2D eigenvalue weighted by molar-refractivity contribution is 7.16. The van der Waals surface area contributed by atoms with Crippen LogP contribution in [0.2, 0.25) is 0 Å². The Bertz CT molecular complexity index is 1140. The van der Waals surface area contributed by atoms with E-state index in [0.29, 0.717) is 28.5 Å². The average molecular weight is 414 g/mol. The number of hydrogen-bond acceptors (Lipinski definition) is 8. The number of nitrogens with zero attached hydrogens (tertiary/aromatic N) is 4. The van der Waals surface area contributed by atoms with Crippen LogP contribution >= 0.6 is 11.3 Å². The van der Waals surface area contributed by atoms with Gasteiger partial charge >= 0.3 is 5.97 Å². The second kappa shape index (κ2) is 8.00. The molecular weight excluding hydrogens is 396 g/mol. The number of fused-ring (bicyclic) bond motifs is 2. The Kier molecular flexibility index (Phi) is 5.26. The number of aromatic nitrogens is 3. The molecule has 4 rings (SSSR count). The molecule has 0 spiro atoms. The molecular formula is C19H18N4O5S. The van der Waals surface area contributed by atoms with E-state index >= 15 is 0 Å². The third-order valence-corrected chi connectivity index (χ3v) is 5.42. The second-order valence-corrected chi connectivity index (χ2v) is 7.38. The van der Waals surface area contributed by atoms with Crippen LogP contribution in [-0.2, 0) is 27.4 Å². The fourth-order valence-electron chi connectivity index (χ4n) is 2.94. The normalized spacial score (nSPS) is 13.3. The van der Waals surface area contributed by atoms with E-state index in [1.807, 2.05) is 13.0 Å². The van der Waals surface area contributed by atoms with Gasteiger partial charge in [-0.15, -0.1) is 0 Å². The van der Waals surface area contributed by atoms with Crippen LogP contribution < -0.4 is 15.2 Å². The topological polar surface area (TPSA) is 103 Å². The van der Waals surface area contributed by atoms with Crippen LogP contribution in [0.4, 0.5) is 5.69 Å². The van der Waals surface area contributed by atoms with Crippen LogP contribution in [0.15, 0.2) is 35.1 Å². The van der Waals surface area contributed by atoms with Gasteiger partial charge in [0.1, 0.15) is 17.4 Å². The number of benzene rings is 1. The highest BCUT2D eigenvalue weighted by Crippen LogP contribution is 2.31. The van der Waals surface area contributed by atoms with Crippen molar-refractivity contribution in [3.8, 4) is 5.75 Å². The maximum Gasteiger partial charge on any atom is 0.307 e.